The molecule has 1 saturated heterocycles. The largest absolute Gasteiger partial charge is 0.486 e. The van der Waals surface area contributed by atoms with Crippen molar-refractivity contribution in [2.75, 3.05) is 18.5 Å². The van der Waals surface area contributed by atoms with E-state index in [1.165, 1.54) is 0 Å². The zero-order valence-electron chi connectivity index (χ0n) is 28.2. The van der Waals surface area contributed by atoms with Gasteiger partial charge < -0.3 is 35.7 Å². The molecule has 0 aromatic heterocycles. The number of hydrogen-bond donors (Lipinski definition) is 4. The summed E-state index contributed by atoms with van der Waals surface area (Å²) in [6, 6.07) is 6.30. The van der Waals surface area contributed by atoms with E-state index >= 15 is 0 Å². The highest BCUT2D eigenvalue weighted by Crippen LogP contribution is 2.69. The van der Waals surface area contributed by atoms with Crippen molar-refractivity contribution in [1.82, 2.24) is 5.32 Å². The molecule has 48 heavy (non-hydrogen) atoms. The summed E-state index contributed by atoms with van der Waals surface area (Å²) in [6.45, 7) is 6.51. The summed E-state index contributed by atoms with van der Waals surface area (Å²) in [6.07, 6.45) is 9.52. The van der Waals surface area contributed by atoms with Crippen LogP contribution in [0.5, 0.6) is 5.75 Å². The number of nitrogens with two attached hydrogens (primary N) is 1. The lowest BCUT2D eigenvalue weighted by Gasteiger charge is -2.59. The van der Waals surface area contributed by atoms with Gasteiger partial charge in [0.1, 0.15) is 12.4 Å². The molecule has 4 aliphatic carbocycles. The standard InChI is InChI=1S/C37H49N3O8/c1-4-7-32-47-30-19-27-26-14-9-22-18-24(41)15-16-35(22,2)33(26)28(42)20-36(27,3)37(30,48-32)29(43)21-46-25-12-10-23(11-13-25)40-31(44)8-5-6-17-39-34(38)45/h10-13,15-16,18,26-28,30,32-33,42H,4-9,14,17,19-21H2,1-3H3,(H,40,44)(H3,38,39,45)/t26-,27?,28-,30+,32?,33?,35-,36-,37+/m0/s1. The van der Waals surface area contributed by atoms with Crippen LogP contribution in [0.25, 0.3) is 0 Å². The molecule has 3 amide bonds. The minimum atomic E-state index is -1.25. The normalized spacial score (nSPS) is 36.2. The molecule has 0 radical (unpaired) electrons. The first-order chi connectivity index (χ1) is 22.9. The van der Waals surface area contributed by atoms with E-state index in [2.05, 4.69) is 31.4 Å². The Hall–Kier alpha value is -3.54. The first-order valence-corrected chi connectivity index (χ1v) is 17.5. The number of ketones is 2. The minimum Gasteiger partial charge on any atom is -0.486 e. The van der Waals surface area contributed by atoms with Crippen molar-refractivity contribution in [3.8, 4) is 5.75 Å². The third kappa shape index (κ3) is 5.98. The molecule has 3 saturated carbocycles. The lowest BCUT2D eigenvalue weighted by molar-refractivity contribution is -0.200. The third-order valence-corrected chi connectivity index (χ3v) is 11.9. The number of amides is 3. The number of Topliss-reactive ketones (excluding diaryl/α,β-unsaturated/α-hetero) is 1. The van der Waals surface area contributed by atoms with Gasteiger partial charge in [-0.3, -0.25) is 14.4 Å². The van der Waals surface area contributed by atoms with E-state index in [0.717, 1.165) is 24.8 Å². The summed E-state index contributed by atoms with van der Waals surface area (Å²) in [5.74, 6) is 0.327. The van der Waals surface area contributed by atoms with E-state index in [9.17, 15) is 24.3 Å². The van der Waals surface area contributed by atoms with E-state index < -0.39 is 41.0 Å². The highest BCUT2D eigenvalue weighted by molar-refractivity contribution is 6.01. The Bertz CT molecular complexity index is 1490. The van der Waals surface area contributed by atoms with Gasteiger partial charge in [-0.2, -0.15) is 0 Å². The molecular weight excluding hydrogens is 614 g/mol. The van der Waals surface area contributed by atoms with Gasteiger partial charge in [-0.25, -0.2) is 4.79 Å². The maximum atomic E-state index is 14.5. The number of aliphatic hydroxyl groups is 1. The molecule has 11 heteroatoms. The number of hydrogen-bond acceptors (Lipinski definition) is 8. The topological polar surface area (TPSA) is 166 Å². The Kier molecular flexibility index (Phi) is 9.58. The molecule has 9 atom stereocenters. The van der Waals surface area contributed by atoms with Gasteiger partial charge in [0, 0.05) is 35.4 Å². The van der Waals surface area contributed by atoms with E-state index in [4.69, 9.17) is 19.9 Å². The van der Waals surface area contributed by atoms with Crippen LogP contribution in [0.15, 0.2) is 48.1 Å². The molecule has 5 aliphatic rings. The van der Waals surface area contributed by atoms with Crippen LogP contribution in [0.2, 0.25) is 0 Å². The molecule has 3 unspecified atom stereocenters. The van der Waals surface area contributed by atoms with Crippen LogP contribution in [0.1, 0.15) is 78.6 Å². The molecule has 0 bridgehead atoms. The predicted octanol–water partition coefficient (Wildman–Crippen LogP) is 4.58. The van der Waals surface area contributed by atoms with Crippen molar-refractivity contribution in [1.29, 1.82) is 0 Å². The number of ether oxygens (including phenoxy) is 3. The number of anilines is 1. The number of allylic oxidation sites excluding steroid dienone is 4. The number of unbranched alkanes of at least 4 members (excludes halogenated alkanes) is 1. The maximum Gasteiger partial charge on any atom is 0.312 e. The van der Waals surface area contributed by atoms with Crippen LogP contribution in [0, 0.1) is 28.6 Å². The van der Waals surface area contributed by atoms with Crippen molar-refractivity contribution in [2.24, 2.45) is 34.3 Å². The minimum absolute atomic E-state index is 0.00214. The van der Waals surface area contributed by atoms with Crippen LogP contribution in [0.3, 0.4) is 0 Å². The molecule has 11 nitrogen and oxygen atoms in total. The SMILES string of the molecule is CCCC1O[C@@H]2CC3[C@@H]4CCC5=CC(=O)C=C[C@]5(C)C4[C@@H](O)C[C@]3(C)[C@]2(C(=O)COc2ccc(NC(=O)CCCCNC(N)=O)cc2)O1. The Morgan fingerprint density at radius 2 is 1.92 bits per heavy atom. The van der Waals surface area contributed by atoms with Gasteiger partial charge in [0.05, 0.1) is 12.2 Å². The second-order valence-corrected chi connectivity index (χ2v) is 14.7. The van der Waals surface area contributed by atoms with Crippen molar-refractivity contribution >= 4 is 29.2 Å². The van der Waals surface area contributed by atoms with E-state index in [-0.39, 0.29) is 41.8 Å². The Morgan fingerprint density at radius 1 is 1.15 bits per heavy atom. The number of fused-ring (bicyclic) bond motifs is 7. The molecule has 4 fully saturated rings. The smallest absolute Gasteiger partial charge is 0.312 e. The van der Waals surface area contributed by atoms with Gasteiger partial charge in [0.15, 0.2) is 17.7 Å². The molecule has 260 valence electrons. The zero-order chi connectivity index (χ0) is 34.3. The highest BCUT2D eigenvalue weighted by Gasteiger charge is 2.75. The third-order valence-electron chi connectivity index (χ3n) is 11.9. The first kappa shape index (κ1) is 34.3. The fraction of sp³-hybridized carbons (Fsp3) is 0.622. The van der Waals surface area contributed by atoms with Crippen molar-refractivity contribution in [2.45, 2.75) is 103 Å². The second-order valence-electron chi connectivity index (χ2n) is 14.7. The summed E-state index contributed by atoms with van der Waals surface area (Å²) < 4.78 is 19.3. The molecule has 1 heterocycles. The van der Waals surface area contributed by atoms with Gasteiger partial charge in [0.25, 0.3) is 0 Å². The number of aliphatic hydroxyl groups excluding tert-OH is 1. The molecule has 6 rings (SSSR count). The van der Waals surface area contributed by atoms with E-state index in [1.807, 2.05) is 6.08 Å². The Labute approximate surface area is 282 Å². The quantitative estimate of drug-likeness (QED) is 0.236. The maximum absolute atomic E-state index is 14.5. The van der Waals surface area contributed by atoms with Crippen molar-refractivity contribution in [3.05, 3.63) is 48.1 Å². The summed E-state index contributed by atoms with van der Waals surface area (Å²) in [5.41, 5.74) is 4.42. The number of rotatable bonds is 12. The molecule has 1 aromatic rings. The number of urea groups is 1. The summed E-state index contributed by atoms with van der Waals surface area (Å²) in [7, 11) is 0. The van der Waals surface area contributed by atoms with Crippen LogP contribution in [0.4, 0.5) is 10.5 Å². The Morgan fingerprint density at radius 3 is 2.65 bits per heavy atom. The summed E-state index contributed by atoms with van der Waals surface area (Å²) in [5, 5.41) is 17.3. The fourth-order valence-corrected chi connectivity index (χ4v) is 9.74. The number of nitrogens with one attached hydrogen (secondary N) is 2. The fourth-order valence-electron chi connectivity index (χ4n) is 9.74. The average Bonchev–Trinajstić information content (AvgIpc) is 3.52. The first-order valence-electron chi connectivity index (χ1n) is 17.5. The van der Waals surface area contributed by atoms with Crippen LogP contribution < -0.4 is 21.1 Å². The Balaban J connectivity index is 1.15. The van der Waals surface area contributed by atoms with Gasteiger partial charge in [-0.1, -0.05) is 38.8 Å². The van der Waals surface area contributed by atoms with Gasteiger partial charge in [-0.05, 0) is 93.2 Å². The van der Waals surface area contributed by atoms with Crippen LogP contribution in [-0.2, 0) is 23.9 Å². The average molecular weight is 664 g/mol. The summed E-state index contributed by atoms with van der Waals surface area (Å²) >= 11 is 0. The monoisotopic (exact) mass is 663 g/mol. The molecule has 1 aliphatic heterocycles. The van der Waals surface area contributed by atoms with Gasteiger partial charge >= 0.3 is 6.03 Å². The van der Waals surface area contributed by atoms with Crippen molar-refractivity contribution in [3.63, 3.8) is 0 Å². The van der Waals surface area contributed by atoms with E-state index in [0.29, 0.717) is 56.5 Å². The zero-order valence-corrected chi connectivity index (χ0v) is 28.2. The number of carbonyl (C=O) groups excluding carboxylic acids is 4. The number of primary amides is 1. The number of carbonyl (C=O) groups is 4. The molecule has 5 N–H and O–H groups in total. The predicted molar refractivity (Wildman–Crippen MR) is 178 cm³/mol. The van der Waals surface area contributed by atoms with Gasteiger partial charge in [0.2, 0.25) is 11.7 Å². The lowest BCUT2D eigenvalue weighted by Crippen LogP contribution is -2.63. The molecular formula is C37H49N3O8. The molecule has 0 spiro atoms. The van der Waals surface area contributed by atoms with Gasteiger partial charge in [-0.15, -0.1) is 0 Å². The lowest BCUT2D eigenvalue weighted by atomic mass is 9.46. The van der Waals surface area contributed by atoms with Crippen molar-refractivity contribution < 1.29 is 38.5 Å². The van der Waals surface area contributed by atoms with Crippen LogP contribution >= 0.6 is 0 Å². The summed E-state index contributed by atoms with van der Waals surface area (Å²) in [4.78, 5) is 49.8. The molecule has 1 aromatic carbocycles. The van der Waals surface area contributed by atoms with E-state index in [1.54, 1.807) is 36.4 Å². The second kappa shape index (κ2) is 13.4. The van der Waals surface area contributed by atoms with Crippen LogP contribution in [-0.4, -0.2) is 65.9 Å². The number of benzene rings is 1. The highest BCUT2D eigenvalue weighted by atomic mass is 16.7.